The van der Waals surface area contributed by atoms with E-state index < -0.39 is 5.60 Å². The molecule has 146 valence electrons. The first kappa shape index (κ1) is 20.4. The van der Waals surface area contributed by atoms with E-state index in [1.807, 2.05) is 24.6 Å². The molecule has 0 aliphatic heterocycles. The highest BCUT2D eigenvalue weighted by atomic mass is 35.5. The van der Waals surface area contributed by atoms with Gasteiger partial charge in [-0.2, -0.15) is 4.98 Å². The second-order valence-corrected chi connectivity index (χ2v) is 8.10. The summed E-state index contributed by atoms with van der Waals surface area (Å²) in [6, 6.07) is 0. The molecule has 0 atom stereocenters. The number of fused-ring (bicyclic) bond motifs is 1. The Morgan fingerprint density at radius 2 is 1.96 bits per heavy atom. The van der Waals surface area contributed by atoms with E-state index in [0.717, 1.165) is 16.8 Å². The zero-order valence-electron chi connectivity index (χ0n) is 16.1. The molecule has 0 aromatic carbocycles. The number of pyridine rings is 1. The number of nitrogens with two attached hydrogens (primary N) is 1. The third-order valence-corrected chi connectivity index (χ3v) is 5.13. The van der Waals surface area contributed by atoms with Crippen LogP contribution in [0.4, 0.5) is 5.95 Å². The van der Waals surface area contributed by atoms with Crippen molar-refractivity contribution >= 4 is 40.2 Å². The maximum absolute atomic E-state index is 9.88. The molecule has 0 unspecified atom stereocenters. The summed E-state index contributed by atoms with van der Waals surface area (Å²) in [5, 5.41) is 11.4. The Balaban J connectivity index is 2.12. The van der Waals surface area contributed by atoms with Gasteiger partial charge in [-0.25, -0.2) is 4.98 Å². The fourth-order valence-corrected chi connectivity index (χ4v) is 3.23. The van der Waals surface area contributed by atoms with Crippen molar-refractivity contribution in [3.63, 3.8) is 0 Å². The van der Waals surface area contributed by atoms with Crippen LogP contribution in [0.2, 0.25) is 10.2 Å². The van der Waals surface area contributed by atoms with Crippen LogP contribution in [-0.4, -0.2) is 30.2 Å². The lowest BCUT2D eigenvalue weighted by Gasteiger charge is -2.11. The van der Waals surface area contributed by atoms with Gasteiger partial charge in [-0.15, -0.1) is 0 Å². The van der Waals surface area contributed by atoms with Crippen molar-refractivity contribution in [3.8, 4) is 11.8 Å². The molecule has 6 nitrogen and oxygen atoms in total. The lowest BCUT2D eigenvalue weighted by Crippen LogP contribution is -2.16. The Labute approximate surface area is 173 Å². The molecule has 0 radical (unpaired) electrons. The molecule has 0 bridgehead atoms. The molecule has 0 saturated carbocycles. The van der Waals surface area contributed by atoms with Crippen molar-refractivity contribution in [1.82, 2.24) is 19.5 Å². The highest BCUT2D eigenvalue weighted by molar-refractivity contribution is 6.34. The second-order valence-electron chi connectivity index (χ2n) is 7.36. The molecule has 0 fully saturated rings. The molecule has 3 rings (SSSR count). The van der Waals surface area contributed by atoms with Crippen molar-refractivity contribution < 1.29 is 5.11 Å². The highest BCUT2D eigenvalue weighted by Crippen LogP contribution is 2.28. The van der Waals surface area contributed by atoms with Gasteiger partial charge in [0.25, 0.3) is 0 Å². The van der Waals surface area contributed by atoms with Gasteiger partial charge in [0.2, 0.25) is 5.95 Å². The third-order valence-electron chi connectivity index (χ3n) is 4.28. The van der Waals surface area contributed by atoms with Crippen LogP contribution in [0, 0.1) is 25.7 Å². The van der Waals surface area contributed by atoms with Gasteiger partial charge in [0.05, 0.1) is 28.8 Å². The minimum atomic E-state index is -0.879. The van der Waals surface area contributed by atoms with Crippen LogP contribution in [0.15, 0.2) is 12.4 Å². The van der Waals surface area contributed by atoms with Gasteiger partial charge in [0.15, 0.2) is 0 Å². The SMILES string of the molecule is Cc1cnc(Cn2cc(C#CCC(C)(C)O)c3c(Cl)nc(N)nc32)c(C)c1Cl. The van der Waals surface area contributed by atoms with Crippen LogP contribution in [-0.2, 0) is 6.54 Å². The maximum atomic E-state index is 9.88. The minimum Gasteiger partial charge on any atom is -0.389 e. The number of nitrogens with zero attached hydrogens (tertiary/aromatic N) is 4. The molecule has 3 heterocycles. The quantitative estimate of drug-likeness (QED) is 0.498. The van der Waals surface area contributed by atoms with Gasteiger partial charge >= 0.3 is 0 Å². The van der Waals surface area contributed by atoms with E-state index in [-0.39, 0.29) is 11.1 Å². The van der Waals surface area contributed by atoms with Crippen molar-refractivity contribution in [2.24, 2.45) is 0 Å². The van der Waals surface area contributed by atoms with E-state index in [1.54, 1.807) is 20.0 Å². The summed E-state index contributed by atoms with van der Waals surface area (Å²) in [5.74, 6) is 6.13. The van der Waals surface area contributed by atoms with Crippen LogP contribution in [0.3, 0.4) is 0 Å². The molecule has 3 aromatic heterocycles. The van der Waals surface area contributed by atoms with Gasteiger partial charge in [-0.3, -0.25) is 4.98 Å². The molecule has 0 aliphatic carbocycles. The third kappa shape index (κ3) is 4.22. The topological polar surface area (TPSA) is 89.8 Å². The largest absolute Gasteiger partial charge is 0.389 e. The van der Waals surface area contributed by atoms with E-state index in [9.17, 15) is 5.11 Å². The van der Waals surface area contributed by atoms with Gasteiger partial charge in [-0.05, 0) is 38.8 Å². The number of hydrogen-bond acceptors (Lipinski definition) is 5. The summed E-state index contributed by atoms with van der Waals surface area (Å²) in [6.45, 7) is 7.70. The Bertz CT molecular complexity index is 1120. The minimum absolute atomic E-state index is 0.0828. The smallest absolute Gasteiger partial charge is 0.223 e. The zero-order valence-corrected chi connectivity index (χ0v) is 17.7. The normalized spacial score (nSPS) is 11.5. The van der Waals surface area contributed by atoms with Crippen LogP contribution in [0.1, 0.15) is 42.7 Å². The molecule has 0 amide bonds. The lowest BCUT2D eigenvalue weighted by molar-refractivity contribution is 0.0862. The highest BCUT2D eigenvalue weighted by Gasteiger charge is 2.17. The van der Waals surface area contributed by atoms with Crippen molar-refractivity contribution in [3.05, 3.63) is 45.0 Å². The van der Waals surface area contributed by atoms with Crippen LogP contribution in [0.5, 0.6) is 0 Å². The molecule has 0 saturated heterocycles. The predicted molar refractivity (Wildman–Crippen MR) is 113 cm³/mol. The summed E-state index contributed by atoms with van der Waals surface area (Å²) in [4.78, 5) is 12.9. The van der Waals surface area contributed by atoms with E-state index in [2.05, 4.69) is 26.8 Å². The fourth-order valence-electron chi connectivity index (χ4n) is 2.80. The van der Waals surface area contributed by atoms with Gasteiger partial charge in [0.1, 0.15) is 10.8 Å². The Morgan fingerprint density at radius 3 is 2.64 bits per heavy atom. The number of anilines is 1. The summed E-state index contributed by atoms with van der Waals surface area (Å²) in [7, 11) is 0. The summed E-state index contributed by atoms with van der Waals surface area (Å²) in [5.41, 5.74) is 8.81. The van der Waals surface area contributed by atoms with E-state index in [1.165, 1.54) is 0 Å². The number of aliphatic hydroxyl groups is 1. The van der Waals surface area contributed by atoms with Gasteiger partial charge < -0.3 is 15.4 Å². The first-order chi connectivity index (χ1) is 13.1. The molecular formula is C20H21Cl2N5O. The zero-order chi connectivity index (χ0) is 20.6. The molecule has 0 aliphatic rings. The second kappa shape index (κ2) is 7.59. The molecule has 8 heteroatoms. The van der Waals surface area contributed by atoms with E-state index in [0.29, 0.717) is 34.6 Å². The number of halogens is 2. The molecule has 3 N–H and O–H groups in total. The molecule has 0 spiro atoms. The van der Waals surface area contributed by atoms with Crippen molar-refractivity contribution in [2.45, 2.75) is 46.3 Å². The number of rotatable bonds is 3. The monoisotopic (exact) mass is 417 g/mol. The Morgan fingerprint density at radius 1 is 1.25 bits per heavy atom. The average molecular weight is 418 g/mol. The average Bonchev–Trinajstić information content (AvgIpc) is 2.92. The Kier molecular flexibility index (Phi) is 5.53. The van der Waals surface area contributed by atoms with Crippen molar-refractivity contribution in [1.29, 1.82) is 0 Å². The number of hydrogen-bond donors (Lipinski definition) is 2. The van der Waals surface area contributed by atoms with Crippen LogP contribution >= 0.6 is 23.2 Å². The van der Waals surface area contributed by atoms with Crippen LogP contribution in [0.25, 0.3) is 11.0 Å². The standard InChI is InChI=1S/C20H21Cl2N5O/c1-11-8-24-14(12(2)16(11)21)10-27-9-13(6-5-7-20(3,4)28)15-17(22)25-19(23)26-18(15)27/h8-9,28H,7,10H2,1-4H3,(H2,23,25,26). The first-order valence-electron chi connectivity index (χ1n) is 8.70. The first-order valence-corrected chi connectivity index (χ1v) is 9.46. The van der Waals surface area contributed by atoms with Crippen molar-refractivity contribution in [2.75, 3.05) is 5.73 Å². The van der Waals surface area contributed by atoms with Crippen LogP contribution < -0.4 is 5.73 Å². The van der Waals surface area contributed by atoms with E-state index >= 15 is 0 Å². The predicted octanol–water partition coefficient (Wildman–Crippen LogP) is 3.89. The lowest BCUT2D eigenvalue weighted by atomic mass is 10.1. The fraction of sp³-hybridized carbons (Fsp3) is 0.350. The van der Waals surface area contributed by atoms with Gasteiger partial charge in [-0.1, -0.05) is 35.0 Å². The summed E-state index contributed by atoms with van der Waals surface area (Å²) in [6.07, 6.45) is 3.91. The summed E-state index contributed by atoms with van der Waals surface area (Å²) >= 11 is 12.7. The summed E-state index contributed by atoms with van der Waals surface area (Å²) < 4.78 is 1.88. The van der Waals surface area contributed by atoms with Gasteiger partial charge in [0, 0.05) is 23.8 Å². The Hall–Kier alpha value is -2.33. The maximum Gasteiger partial charge on any atom is 0.223 e. The molecule has 3 aromatic rings. The number of aryl methyl sites for hydroxylation is 1. The number of aromatic nitrogens is 4. The molecule has 28 heavy (non-hydrogen) atoms. The van der Waals surface area contributed by atoms with E-state index in [4.69, 9.17) is 28.9 Å². The molecular weight excluding hydrogens is 397 g/mol. The number of nitrogen functional groups attached to an aromatic ring is 1.